The minimum absolute atomic E-state index is 0.0456. The number of para-hydroxylation sites is 1. The molecule has 0 heterocycles. The molecule has 0 radical (unpaired) electrons. The molecule has 0 saturated carbocycles. The number of ketones is 1. The monoisotopic (exact) mass is 270 g/mol. The van der Waals surface area contributed by atoms with E-state index in [-0.39, 0.29) is 23.7 Å². The van der Waals surface area contributed by atoms with Gasteiger partial charge in [-0.2, -0.15) is 0 Å². The lowest BCUT2D eigenvalue weighted by Gasteiger charge is -2.06. The number of Topliss-reactive ketones (excluding diaryl/α,β-unsaturated/α-hetero) is 1. The second kappa shape index (κ2) is 6.02. The third-order valence-electron chi connectivity index (χ3n) is 2.83. The lowest BCUT2D eigenvalue weighted by molar-refractivity contribution is 0.0472. The highest BCUT2D eigenvalue weighted by atomic mass is 16.5. The van der Waals surface area contributed by atoms with Gasteiger partial charge in [0.25, 0.3) is 0 Å². The Morgan fingerprint density at radius 3 is 2.35 bits per heavy atom. The van der Waals surface area contributed by atoms with Gasteiger partial charge in [-0.05, 0) is 19.1 Å². The van der Waals surface area contributed by atoms with Crippen LogP contribution < -0.4 is 0 Å². The van der Waals surface area contributed by atoms with E-state index < -0.39 is 5.97 Å². The number of rotatable bonds is 4. The van der Waals surface area contributed by atoms with E-state index in [0.29, 0.717) is 5.56 Å². The molecule has 1 N–H and O–H groups in total. The van der Waals surface area contributed by atoms with Crippen molar-refractivity contribution in [3.05, 3.63) is 65.2 Å². The van der Waals surface area contributed by atoms with E-state index in [1.165, 1.54) is 12.1 Å². The Morgan fingerprint density at radius 1 is 1.05 bits per heavy atom. The molecule has 0 bridgehead atoms. The Balaban J connectivity index is 1.99. The van der Waals surface area contributed by atoms with Gasteiger partial charge in [-0.3, -0.25) is 4.79 Å². The molecule has 0 aliphatic heterocycles. The van der Waals surface area contributed by atoms with Crippen LogP contribution in [-0.2, 0) is 4.74 Å². The average molecular weight is 270 g/mol. The zero-order valence-corrected chi connectivity index (χ0v) is 11.0. The van der Waals surface area contributed by atoms with Crippen molar-refractivity contribution in [1.82, 2.24) is 0 Å². The number of esters is 1. The van der Waals surface area contributed by atoms with Crippen molar-refractivity contribution in [2.75, 3.05) is 6.61 Å². The van der Waals surface area contributed by atoms with Crippen LogP contribution in [-0.4, -0.2) is 23.5 Å². The fraction of sp³-hybridized carbons (Fsp3) is 0.125. The minimum Gasteiger partial charge on any atom is -0.507 e. The van der Waals surface area contributed by atoms with Gasteiger partial charge >= 0.3 is 5.97 Å². The van der Waals surface area contributed by atoms with Gasteiger partial charge in [0.2, 0.25) is 0 Å². The van der Waals surface area contributed by atoms with Gasteiger partial charge in [0.1, 0.15) is 11.3 Å². The van der Waals surface area contributed by atoms with Crippen molar-refractivity contribution in [2.45, 2.75) is 6.92 Å². The molecule has 0 fully saturated rings. The Kier molecular flexibility index (Phi) is 4.15. The highest BCUT2D eigenvalue weighted by Crippen LogP contribution is 2.16. The molecule has 2 aromatic rings. The lowest BCUT2D eigenvalue weighted by Crippen LogP contribution is -2.14. The number of benzene rings is 2. The van der Waals surface area contributed by atoms with Crippen molar-refractivity contribution in [3.63, 3.8) is 0 Å². The number of carbonyl (C=O) groups excluding carboxylic acids is 2. The van der Waals surface area contributed by atoms with Gasteiger partial charge < -0.3 is 9.84 Å². The van der Waals surface area contributed by atoms with Gasteiger partial charge in [-0.15, -0.1) is 0 Å². The third-order valence-corrected chi connectivity index (χ3v) is 2.83. The predicted octanol–water partition coefficient (Wildman–Crippen LogP) is 2.74. The van der Waals surface area contributed by atoms with Crippen LogP contribution in [0.2, 0.25) is 0 Å². The van der Waals surface area contributed by atoms with Crippen LogP contribution in [0, 0.1) is 6.92 Å². The molecule has 2 rings (SSSR count). The van der Waals surface area contributed by atoms with Gasteiger partial charge in [0.15, 0.2) is 12.4 Å². The lowest BCUT2D eigenvalue weighted by atomic mass is 10.1. The molecule has 0 unspecified atom stereocenters. The Labute approximate surface area is 116 Å². The van der Waals surface area contributed by atoms with Crippen LogP contribution in [0.3, 0.4) is 0 Å². The van der Waals surface area contributed by atoms with E-state index in [4.69, 9.17) is 4.74 Å². The third kappa shape index (κ3) is 3.23. The first-order chi connectivity index (χ1) is 9.58. The fourth-order valence-electron chi connectivity index (χ4n) is 1.68. The second-order valence-electron chi connectivity index (χ2n) is 4.38. The van der Waals surface area contributed by atoms with Gasteiger partial charge in [0, 0.05) is 5.56 Å². The summed E-state index contributed by atoms with van der Waals surface area (Å²) in [7, 11) is 0. The normalized spacial score (nSPS) is 10.1. The summed E-state index contributed by atoms with van der Waals surface area (Å²) in [5, 5.41) is 9.51. The zero-order valence-electron chi connectivity index (χ0n) is 11.0. The van der Waals surface area contributed by atoms with E-state index in [0.717, 1.165) is 5.56 Å². The van der Waals surface area contributed by atoms with E-state index in [1.807, 2.05) is 19.1 Å². The summed E-state index contributed by atoms with van der Waals surface area (Å²) in [6, 6.07) is 13.0. The van der Waals surface area contributed by atoms with Crippen molar-refractivity contribution in [2.24, 2.45) is 0 Å². The molecule has 4 heteroatoms. The van der Waals surface area contributed by atoms with E-state index >= 15 is 0 Å². The van der Waals surface area contributed by atoms with E-state index in [2.05, 4.69) is 0 Å². The van der Waals surface area contributed by atoms with E-state index in [9.17, 15) is 14.7 Å². The molecule has 102 valence electrons. The van der Waals surface area contributed by atoms with Crippen molar-refractivity contribution in [1.29, 1.82) is 0 Å². The van der Waals surface area contributed by atoms with Crippen molar-refractivity contribution in [3.8, 4) is 5.75 Å². The molecular formula is C16H14O4. The summed E-state index contributed by atoms with van der Waals surface area (Å²) in [6.45, 7) is 1.57. The van der Waals surface area contributed by atoms with Crippen molar-refractivity contribution < 1.29 is 19.4 Å². The Bertz CT molecular complexity index is 629. The maximum Gasteiger partial charge on any atom is 0.342 e. The standard InChI is InChI=1S/C16H14O4/c1-11-6-8-12(9-7-11)15(18)10-20-16(19)13-4-2-3-5-14(13)17/h2-9,17H,10H2,1H3. The first-order valence-corrected chi connectivity index (χ1v) is 6.13. The van der Waals surface area contributed by atoms with Crippen molar-refractivity contribution >= 4 is 11.8 Å². The maximum atomic E-state index is 11.8. The quantitative estimate of drug-likeness (QED) is 0.685. The summed E-state index contributed by atoms with van der Waals surface area (Å²) in [5.41, 5.74) is 1.58. The molecule has 0 amide bonds. The molecule has 0 spiro atoms. The summed E-state index contributed by atoms with van der Waals surface area (Å²) < 4.78 is 4.91. The molecule has 20 heavy (non-hydrogen) atoms. The molecule has 0 aliphatic carbocycles. The Hall–Kier alpha value is -2.62. The highest BCUT2D eigenvalue weighted by molar-refractivity contribution is 5.99. The van der Waals surface area contributed by atoms with E-state index in [1.54, 1.807) is 24.3 Å². The number of aromatic hydroxyl groups is 1. The minimum atomic E-state index is -0.719. The van der Waals surface area contributed by atoms with Crippen LogP contribution in [0.15, 0.2) is 48.5 Å². The van der Waals surface area contributed by atoms with Crippen LogP contribution >= 0.6 is 0 Å². The predicted molar refractivity (Wildman–Crippen MR) is 73.9 cm³/mol. The number of phenols is 1. The van der Waals surface area contributed by atoms with Gasteiger partial charge in [0.05, 0.1) is 0 Å². The first-order valence-electron chi connectivity index (χ1n) is 6.13. The molecule has 0 aliphatic rings. The maximum absolute atomic E-state index is 11.8. The summed E-state index contributed by atoms with van der Waals surface area (Å²) in [6.07, 6.45) is 0. The zero-order chi connectivity index (χ0) is 14.5. The number of carbonyl (C=O) groups is 2. The molecular weight excluding hydrogens is 256 g/mol. The number of hydrogen-bond donors (Lipinski definition) is 1. The average Bonchev–Trinajstić information content (AvgIpc) is 2.45. The van der Waals surface area contributed by atoms with Crippen LogP contribution in [0.25, 0.3) is 0 Å². The topological polar surface area (TPSA) is 63.6 Å². The summed E-state index contributed by atoms with van der Waals surface area (Å²) >= 11 is 0. The number of aryl methyl sites for hydroxylation is 1. The molecule has 0 saturated heterocycles. The number of ether oxygens (including phenoxy) is 1. The molecule has 0 atom stereocenters. The highest BCUT2D eigenvalue weighted by Gasteiger charge is 2.14. The first kappa shape index (κ1) is 13.8. The SMILES string of the molecule is Cc1ccc(C(=O)COC(=O)c2ccccc2O)cc1. The molecule has 4 nitrogen and oxygen atoms in total. The van der Waals surface area contributed by atoms with Gasteiger partial charge in [-0.25, -0.2) is 4.79 Å². The number of hydrogen-bond acceptors (Lipinski definition) is 4. The largest absolute Gasteiger partial charge is 0.507 e. The van der Waals surface area contributed by atoms with Gasteiger partial charge in [-0.1, -0.05) is 42.0 Å². The van der Waals surface area contributed by atoms with Crippen LogP contribution in [0.1, 0.15) is 26.3 Å². The Morgan fingerprint density at radius 2 is 1.70 bits per heavy atom. The smallest absolute Gasteiger partial charge is 0.342 e. The molecule has 0 aromatic heterocycles. The summed E-state index contributed by atoms with van der Waals surface area (Å²) in [4.78, 5) is 23.6. The molecule has 2 aromatic carbocycles. The van der Waals surface area contributed by atoms with Crippen LogP contribution in [0.4, 0.5) is 0 Å². The number of phenolic OH excluding ortho intramolecular Hbond substituents is 1. The second-order valence-corrected chi connectivity index (χ2v) is 4.38. The fourth-order valence-corrected chi connectivity index (χ4v) is 1.68. The summed E-state index contributed by atoms with van der Waals surface area (Å²) in [5.74, 6) is -1.17. The van der Waals surface area contributed by atoms with Crippen LogP contribution in [0.5, 0.6) is 5.75 Å².